The van der Waals surface area contributed by atoms with Crippen molar-refractivity contribution >= 4 is 22.1 Å². The van der Waals surface area contributed by atoms with Crippen molar-refractivity contribution in [2.24, 2.45) is 5.92 Å². The molecule has 0 saturated heterocycles. The van der Waals surface area contributed by atoms with E-state index in [1.54, 1.807) is 0 Å². The van der Waals surface area contributed by atoms with Crippen molar-refractivity contribution in [2.75, 3.05) is 6.61 Å². The smallest absolute Gasteiger partial charge is 0.747 e. The fourth-order valence-corrected chi connectivity index (χ4v) is 3.54. The number of unbranched alkanes of at least 4 members (excludes halogenated alkanes) is 2. The van der Waals surface area contributed by atoms with E-state index in [0.29, 0.717) is 12.8 Å². The van der Waals surface area contributed by atoms with Crippen LogP contribution in [0.15, 0.2) is 0 Å². The van der Waals surface area contributed by atoms with Crippen LogP contribution in [-0.4, -0.2) is 42.9 Å². The number of ether oxygens (including phenoxy) is 2. The van der Waals surface area contributed by atoms with E-state index < -0.39 is 33.7 Å². The normalized spacial score (nSPS) is 14.4. The van der Waals surface area contributed by atoms with Crippen LogP contribution in [-0.2, 0) is 29.2 Å². The van der Waals surface area contributed by atoms with Gasteiger partial charge in [0.2, 0.25) is 0 Å². The summed E-state index contributed by atoms with van der Waals surface area (Å²) in [5.74, 6) is -1.91. The van der Waals surface area contributed by atoms with E-state index in [-0.39, 0.29) is 48.2 Å². The SMILES string of the molecule is CCCCC(CC)COC(=O)C(CC(=O)OC(CCC)CCCC)S(=O)(=O)[O-].[Na+]. The first-order valence-corrected chi connectivity index (χ1v) is 12.0. The number of carbonyl (C=O) groups is 2. The van der Waals surface area contributed by atoms with Gasteiger partial charge in [-0.1, -0.05) is 66.2 Å². The summed E-state index contributed by atoms with van der Waals surface area (Å²) in [7, 11) is -5.02. The molecule has 0 aromatic heterocycles. The van der Waals surface area contributed by atoms with Crippen LogP contribution >= 0.6 is 0 Å². The van der Waals surface area contributed by atoms with E-state index in [4.69, 9.17) is 9.47 Å². The zero-order valence-corrected chi connectivity index (χ0v) is 21.6. The molecule has 7 nitrogen and oxygen atoms in total. The van der Waals surface area contributed by atoms with Gasteiger partial charge in [-0.2, -0.15) is 0 Å². The van der Waals surface area contributed by atoms with E-state index in [0.717, 1.165) is 44.9 Å². The van der Waals surface area contributed by atoms with Gasteiger partial charge in [0, 0.05) is 0 Å². The van der Waals surface area contributed by atoms with Crippen LogP contribution in [0.25, 0.3) is 0 Å². The molecule has 0 saturated carbocycles. The third-order valence-corrected chi connectivity index (χ3v) is 5.81. The maximum absolute atomic E-state index is 12.2. The topological polar surface area (TPSA) is 110 Å². The molecule has 0 aromatic carbocycles. The Bertz CT molecular complexity index is 551. The summed E-state index contributed by atoms with van der Waals surface area (Å²) in [6.45, 7) is 8.03. The molecular weight excluding hydrogens is 407 g/mol. The third kappa shape index (κ3) is 14.5. The molecule has 29 heavy (non-hydrogen) atoms. The molecule has 3 atom stereocenters. The van der Waals surface area contributed by atoms with Crippen LogP contribution in [0.4, 0.5) is 0 Å². The van der Waals surface area contributed by atoms with Gasteiger partial charge in [-0.3, -0.25) is 9.59 Å². The summed E-state index contributed by atoms with van der Waals surface area (Å²) >= 11 is 0. The van der Waals surface area contributed by atoms with E-state index in [1.807, 2.05) is 20.8 Å². The Morgan fingerprint density at radius 1 is 0.931 bits per heavy atom. The van der Waals surface area contributed by atoms with Crippen molar-refractivity contribution in [1.29, 1.82) is 0 Å². The van der Waals surface area contributed by atoms with Gasteiger partial charge < -0.3 is 14.0 Å². The molecule has 0 fully saturated rings. The van der Waals surface area contributed by atoms with Gasteiger partial charge in [0.1, 0.15) is 16.2 Å². The van der Waals surface area contributed by atoms with Crippen molar-refractivity contribution < 1.29 is 61.6 Å². The molecular formula is C20H37NaO7S. The average molecular weight is 445 g/mol. The van der Waals surface area contributed by atoms with Crippen LogP contribution in [0.5, 0.6) is 0 Å². The minimum Gasteiger partial charge on any atom is -0.747 e. The minimum absolute atomic E-state index is 0. The molecule has 0 bridgehead atoms. The van der Waals surface area contributed by atoms with Crippen LogP contribution in [0, 0.1) is 5.92 Å². The first-order chi connectivity index (χ1) is 13.2. The van der Waals surface area contributed by atoms with Gasteiger partial charge in [-0.25, -0.2) is 8.42 Å². The second kappa shape index (κ2) is 17.5. The molecule has 0 rings (SSSR count). The van der Waals surface area contributed by atoms with Gasteiger partial charge in [-0.05, 0) is 25.2 Å². The second-order valence-electron chi connectivity index (χ2n) is 7.27. The molecule has 0 aliphatic carbocycles. The molecule has 0 N–H and O–H groups in total. The molecule has 0 spiro atoms. The van der Waals surface area contributed by atoms with Crippen LogP contribution < -0.4 is 29.6 Å². The van der Waals surface area contributed by atoms with Crippen molar-refractivity contribution in [2.45, 2.75) is 103 Å². The quantitative estimate of drug-likeness (QED) is 0.198. The predicted octanol–water partition coefficient (Wildman–Crippen LogP) is 0.956. The molecule has 0 radical (unpaired) electrons. The molecule has 0 aliphatic heterocycles. The minimum atomic E-state index is -5.02. The van der Waals surface area contributed by atoms with Crippen molar-refractivity contribution in [1.82, 2.24) is 0 Å². The molecule has 0 amide bonds. The van der Waals surface area contributed by atoms with Gasteiger partial charge in [0.25, 0.3) is 0 Å². The van der Waals surface area contributed by atoms with E-state index in [2.05, 4.69) is 6.92 Å². The van der Waals surface area contributed by atoms with Gasteiger partial charge >= 0.3 is 41.5 Å². The summed E-state index contributed by atoms with van der Waals surface area (Å²) < 4.78 is 44.9. The Hall–Kier alpha value is -0.150. The Kier molecular flexibility index (Phi) is 18.8. The zero-order valence-electron chi connectivity index (χ0n) is 18.8. The summed E-state index contributed by atoms with van der Waals surface area (Å²) in [4.78, 5) is 24.3. The Morgan fingerprint density at radius 3 is 2.00 bits per heavy atom. The second-order valence-corrected chi connectivity index (χ2v) is 8.83. The third-order valence-electron chi connectivity index (χ3n) is 4.76. The predicted molar refractivity (Wildman–Crippen MR) is 107 cm³/mol. The Balaban J connectivity index is 0. The molecule has 0 aromatic rings. The van der Waals surface area contributed by atoms with E-state index in [9.17, 15) is 22.6 Å². The summed E-state index contributed by atoms with van der Waals surface area (Å²) in [5, 5.41) is -2.06. The number of hydrogen-bond acceptors (Lipinski definition) is 7. The standard InChI is InChI=1S/C20H38O7S.Na/c1-5-9-12-16(8-4)15-26-20(22)18(28(23,24)25)14-19(21)27-17(11-7-3)13-10-6-2;/h16-18H,5-15H2,1-4H3,(H,23,24,25);/q;+1/p-1. The fourth-order valence-electron chi connectivity index (χ4n) is 2.90. The van der Waals surface area contributed by atoms with Gasteiger partial charge in [-0.15, -0.1) is 0 Å². The number of rotatable bonds is 16. The van der Waals surface area contributed by atoms with Crippen LogP contribution in [0.1, 0.15) is 91.9 Å². The van der Waals surface area contributed by atoms with Crippen LogP contribution in [0.2, 0.25) is 0 Å². The molecule has 3 unspecified atom stereocenters. The van der Waals surface area contributed by atoms with E-state index in [1.165, 1.54) is 0 Å². The van der Waals surface area contributed by atoms with Crippen molar-refractivity contribution in [3.05, 3.63) is 0 Å². The van der Waals surface area contributed by atoms with E-state index >= 15 is 0 Å². The maximum Gasteiger partial charge on any atom is 1.00 e. The molecule has 0 heterocycles. The zero-order chi connectivity index (χ0) is 21.6. The van der Waals surface area contributed by atoms with Crippen LogP contribution in [0.3, 0.4) is 0 Å². The first kappa shape index (κ1) is 31.0. The van der Waals surface area contributed by atoms with Crippen molar-refractivity contribution in [3.63, 3.8) is 0 Å². The number of carbonyl (C=O) groups excluding carboxylic acids is 2. The fraction of sp³-hybridized carbons (Fsp3) is 0.900. The monoisotopic (exact) mass is 444 g/mol. The summed E-state index contributed by atoms with van der Waals surface area (Å²) in [5.41, 5.74) is 0. The molecule has 9 heteroatoms. The Labute approximate surface area is 198 Å². The van der Waals surface area contributed by atoms with Crippen molar-refractivity contribution in [3.8, 4) is 0 Å². The Morgan fingerprint density at radius 2 is 1.52 bits per heavy atom. The number of hydrogen-bond donors (Lipinski definition) is 0. The summed E-state index contributed by atoms with van der Waals surface area (Å²) in [6.07, 6.45) is 6.43. The first-order valence-electron chi connectivity index (χ1n) is 10.5. The van der Waals surface area contributed by atoms with Gasteiger partial charge in [0.15, 0.2) is 5.25 Å². The molecule has 0 aliphatic rings. The average Bonchev–Trinajstić information content (AvgIpc) is 2.63. The van der Waals surface area contributed by atoms with Gasteiger partial charge in [0.05, 0.1) is 13.0 Å². The summed E-state index contributed by atoms with van der Waals surface area (Å²) in [6, 6.07) is 0. The largest absolute Gasteiger partial charge is 1.00 e. The molecule has 166 valence electrons. The maximum atomic E-state index is 12.2. The number of esters is 2.